The Bertz CT molecular complexity index is 170. The van der Waals surface area contributed by atoms with E-state index in [2.05, 4.69) is 18.7 Å². The second-order valence-corrected chi connectivity index (χ2v) is 3.29. The van der Waals surface area contributed by atoms with Crippen LogP contribution in [0.3, 0.4) is 0 Å². The molecule has 0 aliphatic carbocycles. The van der Waals surface area contributed by atoms with Crippen molar-refractivity contribution in [1.82, 2.24) is 4.90 Å². The van der Waals surface area contributed by atoms with E-state index < -0.39 is 12.1 Å². The molecule has 1 saturated heterocycles. The van der Waals surface area contributed by atoms with Gasteiger partial charge in [0.1, 0.15) is 0 Å². The molecule has 0 spiro atoms. The molecule has 4 heteroatoms. The van der Waals surface area contributed by atoms with Crippen LogP contribution in [0.25, 0.3) is 0 Å². The molecule has 12 heavy (non-hydrogen) atoms. The van der Waals surface area contributed by atoms with Crippen LogP contribution < -0.4 is 0 Å². The summed E-state index contributed by atoms with van der Waals surface area (Å²) in [6.07, 6.45) is -0.638. The molecule has 1 N–H and O–H groups in total. The number of nitrogens with zero attached hydrogens (tertiary/aromatic N) is 1. The van der Waals surface area contributed by atoms with Crippen LogP contribution in [-0.4, -0.2) is 47.8 Å². The van der Waals surface area contributed by atoms with E-state index in [1.165, 1.54) is 0 Å². The van der Waals surface area contributed by atoms with Gasteiger partial charge in [0.25, 0.3) is 0 Å². The Morgan fingerprint density at radius 2 is 2.33 bits per heavy atom. The molecule has 1 heterocycles. The summed E-state index contributed by atoms with van der Waals surface area (Å²) in [6, 6.07) is 0.399. The molecule has 0 saturated carbocycles. The number of ether oxygens (including phenoxy) is 1. The van der Waals surface area contributed by atoms with Crippen molar-refractivity contribution >= 4 is 5.97 Å². The Labute approximate surface area is 72.1 Å². The van der Waals surface area contributed by atoms with Gasteiger partial charge in [-0.3, -0.25) is 4.90 Å². The summed E-state index contributed by atoms with van der Waals surface area (Å²) in [7, 11) is 0. The molecule has 0 radical (unpaired) electrons. The van der Waals surface area contributed by atoms with Gasteiger partial charge in [0.15, 0.2) is 6.10 Å². The smallest absolute Gasteiger partial charge is 0.334 e. The van der Waals surface area contributed by atoms with Crippen LogP contribution in [0, 0.1) is 0 Å². The van der Waals surface area contributed by atoms with Crippen molar-refractivity contribution < 1.29 is 14.6 Å². The van der Waals surface area contributed by atoms with Gasteiger partial charge >= 0.3 is 5.97 Å². The highest BCUT2D eigenvalue weighted by Crippen LogP contribution is 2.08. The number of morpholine rings is 1. The summed E-state index contributed by atoms with van der Waals surface area (Å²) >= 11 is 0. The molecule has 0 bridgehead atoms. The second-order valence-electron chi connectivity index (χ2n) is 3.29. The van der Waals surface area contributed by atoms with Gasteiger partial charge in [-0.05, 0) is 13.8 Å². The summed E-state index contributed by atoms with van der Waals surface area (Å²) in [5.41, 5.74) is 0. The number of hydrogen-bond acceptors (Lipinski definition) is 3. The number of rotatable bonds is 2. The van der Waals surface area contributed by atoms with Crippen molar-refractivity contribution in [2.75, 3.05) is 19.7 Å². The van der Waals surface area contributed by atoms with Crippen molar-refractivity contribution in [1.29, 1.82) is 0 Å². The van der Waals surface area contributed by atoms with Gasteiger partial charge in [0.05, 0.1) is 6.61 Å². The zero-order valence-electron chi connectivity index (χ0n) is 7.49. The Kier molecular flexibility index (Phi) is 3.05. The summed E-state index contributed by atoms with van der Waals surface area (Å²) in [5, 5.41) is 8.69. The molecule has 1 aliphatic rings. The van der Waals surface area contributed by atoms with Crippen LogP contribution in [0.4, 0.5) is 0 Å². The van der Waals surface area contributed by atoms with Gasteiger partial charge in [-0.1, -0.05) is 0 Å². The van der Waals surface area contributed by atoms with Crippen molar-refractivity contribution in [3.05, 3.63) is 0 Å². The fourth-order valence-corrected chi connectivity index (χ4v) is 1.29. The summed E-state index contributed by atoms with van der Waals surface area (Å²) < 4.78 is 5.08. The van der Waals surface area contributed by atoms with E-state index in [0.717, 1.165) is 6.54 Å². The van der Waals surface area contributed by atoms with Crippen molar-refractivity contribution in [2.45, 2.75) is 26.0 Å². The summed E-state index contributed by atoms with van der Waals surface area (Å²) in [6.45, 7) is 5.98. The maximum Gasteiger partial charge on any atom is 0.334 e. The van der Waals surface area contributed by atoms with E-state index in [0.29, 0.717) is 19.2 Å². The molecule has 70 valence electrons. The minimum atomic E-state index is -0.861. The van der Waals surface area contributed by atoms with Gasteiger partial charge in [0, 0.05) is 19.1 Å². The maximum atomic E-state index is 10.6. The molecular formula is C8H15NO3. The predicted octanol–water partition coefficient (Wildman–Crippen LogP) is 0.180. The SMILES string of the molecule is CC(C)N1CCO[C@@H](C(=O)O)C1. The molecule has 0 amide bonds. The maximum absolute atomic E-state index is 10.6. The highest BCUT2D eigenvalue weighted by Gasteiger charge is 2.26. The largest absolute Gasteiger partial charge is 0.479 e. The van der Waals surface area contributed by atoms with Crippen LogP contribution in [0.15, 0.2) is 0 Å². The molecule has 1 atom stereocenters. The van der Waals surface area contributed by atoms with E-state index >= 15 is 0 Å². The molecule has 1 aliphatic heterocycles. The first kappa shape index (κ1) is 9.48. The Morgan fingerprint density at radius 3 is 2.83 bits per heavy atom. The van der Waals surface area contributed by atoms with E-state index in [-0.39, 0.29) is 0 Å². The number of aliphatic carboxylic acids is 1. The van der Waals surface area contributed by atoms with Crippen molar-refractivity contribution in [2.24, 2.45) is 0 Å². The summed E-state index contributed by atoms with van der Waals surface area (Å²) in [4.78, 5) is 12.7. The van der Waals surface area contributed by atoms with E-state index in [1.54, 1.807) is 0 Å². The molecule has 0 unspecified atom stereocenters. The number of carboxylic acids is 1. The normalized spacial score (nSPS) is 26.1. The summed E-state index contributed by atoms with van der Waals surface area (Å²) in [5.74, 6) is -0.861. The van der Waals surface area contributed by atoms with Crippen molar-refractivity contribution in [3.8, 4) is 0 Å². The van der Waals surface area contributed by atoms with Gasteiger partial charge in [-0.15, -0.1) is 0 Å². The average molecular weight is 173 g/mol. The van der Waals surface area contributed by atoms with E-state index in [4.69, 9.17) is 9.84 Å². The lowest BCUT2D eigenvalue weighted by atomic mass is 10.2. The lowest BCUT2D eigenvalue weighted by Gasteiger charge is -2.33. The molecule has 0 aromatic rings. The third-order valence-electron chi connectivity index (χ3n) is 2.10. The highest BCUT2D eigenvalue weighted by atomic mass is 16.5. The Morgan fingerprint density at radius 1 is 1.67 bits per heavy atom. The zero-order valence-corrected chi connectivity index (χ0v) is 7.49. The first-order valence-electron chi connectivity index (χ1n) is 4.19. The van der Waals surface area contributed by atoms with Gasteiger partial charge in [-0.2, -0.15) is 0 Å². The van der Waals surface area contributed by atoms with E-state index in [1.807, 2.05) is 0 Å². The fraction of sp³-hybridized carbons (Fsp3) is 0.875. The average Bonchev–Trinajstić information content (AvgIpc) is 2.04. The van der Waals surface area contributed by atoms with Gasteiger partial charge in [-0.25, -0.2) is 4.79 Å². The van der Waals surface area contributed by atoms with Crippen LogP contribution >= 0.6 is 0 Å². The quantitative estimate of drug-likeness (QED) is 0.647. The topological polar surface area (TPSA) is 49.8 Å². The fourth-order valence-electron chi connectivity index (χ4n) is 1.29. The Balaban J connectivity index is 2.46. The van der Waals surface area contributed by atoms with Crippen LogP contribution in [0.1, 0.15) is 13.8 Å². The standard InChI is InChI=1S/C8H15NO3/c1-6(2)9-3-4-12-7(5-9)8(10)11/h6-7H,3-5H2,1-2H3,(H,10,11)/t7-/m1/s1. The van der Waals surface area contributed by atoms with E-state index in [9.17, 15) is 4.79 Å². The minimum Gasteiger partial charge on any atom is -0.479 e. The monoisotopic (exact) mass is 173 g/mol. The van der Waals surface area contributed by atoms with Crippen LogP contribution in [0.5, 0.6) is 0 Å². The van der Waals surface area contributed by atoms with Crippen LogP contribution in [-0.2, 0) is 9.53 Å². The lowest BCUT2D eigenvalue weighted by molar-refractivity contribution is -0.156. The van der Waals surface area contributed by atoms with Gasteiger partial charge < -0.3 is 9.84 Å². The second kappa shape index (κ2) is 3.87. The molecule has 4 nitrogen and oxygen atoms in total. The third-order valence-corrected chi connectivity index (χ3v) is 2.10. The molecule has 1 fully saturated rings. The van der Waals surface area contributed by atoms with Gasteiger partial charge in [0.2, 0.25) is 0 Å². The zero-order chi connectivity index (χ0) is 9.14. The number of hydrogen-bond donors (Lipinski definition) is 1. The number of carboxylic acid groups (broad SMARTS) is 1. The molecule has 0 aromatic heterocycles. The Hall–Kier alpha value is -0.610. The number of carbonyl (C=O) groups is 1. The minimum absolute atomic E-state index is 0.399. The first-order valence-corrected chi connectivity index (χ1v) is 4.19. The van der Waals surface area contributed by atoms with Crippen molar-refractivity contribution in [3.63, 3.8) is 0 Å². The molecule has 1 rings (SSSR count). The first-order chi connectivity index (χ1) is 5.61. The third kappa shape index (κ3) is 2.19. The predicted molar refractivity (Wildman–Crippen MR) is 44.1 cm³/mol. The molecule has 0 aromatic carbocycles. The van der Waals surface area contributed by atoms with Crippen LogP contribution in [0.2, 0.25) is 0 Å². The highest BCUT2D eigenvalue weighted by molar-refractivity contribution is 5.72. The molecular weight excluding hydrogens is 158 g/mol. The lowest BCUT2D eigenvalue weighted by Crippen LogP contribution is -2.48.